The van der Waals surface area contributed by atoms with E-state index in [-0.39, 0.29) is 0 Å². The molecule has 0 spiro atoms. The zero-order valence-corrected chi connectivity index (χ0v) is 10.8. The van der Waals surface area contributed by atoms with Crippen LogP contribution in [0.2, 0.25) is 0 Å². The first kappa shape index (κ1) is 10.8. The number of fused-ring (bicyclic) bond motifs is 1. The number of pyridine rings is 1. The molecule has 1 aliphatic carbocycles. The van der Waals surface area contributed by atoms with E-state index in [1.54, 1.807) is 11.3 Å². The molecule has 0 saturated carbocycles. The number of rotatable bonds is 2. The van der Waals surface area contributed by atoms with E-state index in [2.05, 4.69) is 18.0 Å². The standard InChI is InChI=1S/C14H16N2S/c1-2-9-6-7-11-12(9)13(14(15)17-11)10-5-3-4-8-16-10/h3-5,8-9H,2,6-7,15H2,1H3. The summed E-state index contributed by atoms with van der Waals surface area (Å²) in [5.41, 5.74) is 9.89. The molecule has 2 nitrogen and oxygen atoms in total. The quantitative estimate of drug-likeness (QED) is 0.872. The Hall–Kier alpha value is -1.35. The topological polar surface area (TPSA) is 38.9 Å². The van der Waals surface area contributed by atoms with E-state index < -0.39 is 0 Å². The summed E-state index contributed by atoms with van der Waals surface area (Å²) in [7, 11) is 0. The largest absolute Gasteiger partial charge is 0.390 e. The number of aromatic nitrogens is 1. The van der Waals surface area contributed by atoms with Crippen molar-refractivity contribution in [1.82, 2.24) is 4.98 Å². The smallest absolute Gasteiger partial charge is 0.0957 e. The van der Waals surface area contributed by atoms with E-state index in [1.807, 2.05) is 18.3 Å². The van der Waals surface area contributed by atoms with Crippen molar-refractivity contribution in [2.75, 3.05) is 5.73 Å². The van der Waals surface area contributed by atoms with Crippen LogP contribution >= 0.6 is 11.3 Å². The first-order chi connectivity index (χ1) is 8.31. The van der Waals surface area contributed by atoms with Crippen molar-refractivity contribution in [3.63, 3.8) is 0 Å². The van der Waals surface area contributed by atoms with Crippen molar-refractivity contribution < 1.29 is 0 Å². The minimum absolute atomic E-state index is 0.676. The van der Waals surface area contributed by atoms with Crippen molar-refractivity contribution in [3.8, 4) is 11.3 Å². The Morgan fingerprint density at radius 1 is 1.47 bits per heavy atom. The van der Waals surface area contributed by atoms with Crippen LogP contribution in [0.1, 0.15) is 36.1 Å². The highest BCUT2D eigenvalue weighted by Crippen LogP contribution is 2.48. The Labute approximate surface area is 106 Å². The normalized spacial score (nSPS) is 18.3. The van der Waals surface area contributed by atoms with E-state index in [0.29, 0.717) is 5.92 Å². The third-order valence-corrected chi connectivity index (χ3v) is 4.69. The molecule has 1 atom stereocenters. The lowest BCUT2D eigenvalue weighted by atomic mass is 9.95. The molecule has 2 N–H and O–H groups in total. The molecule has 3 heteroatoms. The SMILES string of the molecule is CCC1CCc2sc(N)c(-c3ccccn3)c21. The fraction of sp³-hybridized carbons (Fsp3) is 0.357. The van der Waals surface area contributed by atoms with Gasteiger partial charge in [0.1, 0.15) is 0 Å². The van der Waals surface area contributed by atoms with Gasteiger partial charge in [-0.1, -0.05) is 13.0 Å². The van der Waals surface area contributed by atoms with Gasteiger partial charge in [0, 0.05) is 16.6 Å². The van der Waals surface area contributed by atoms with E-state index in [1.165, 1.54) is 35.3 Å². The second-order valence-corrected chi connectivity index (χ2v) is 5.67. The maximum Gasteiger partial charge on any atom is 0.0957 e. The van der Waals surface area contributed by atoms with Crippen molar-refractivity contribution in [3.05, 3.63) is 34.8 Å². The summed E-state index contributed by atoms with van der Waals surface area (Å²) in [4.78, 5) is 5.94. The Morgan fingerprint density at radius 3 is 3.06 bits per heavy atom. The number of nitrogens with zero attached hydrogens (tertiary/aromatic N) is 1. The van der Waals surface area contributed by atoms with Gasteiger partial charge < -0.3 is 5.73 Å². The average molecular weight is 244 g/mol. The molecular formula is C14H16N2S. The molecule has 17 heavy (non-hydrogen) atoms. The Morgan fingerprint density at radius 2 is 2.35 bits per heavy atom. The van der Waals surface area contributed by atoms with Crippen molar-refractivity contribution in [2.45, 2.75) is 32.1 Å². The summed E-state index contributed by atoms with van der Waals surface area (Å²) in [5, 5.41) is 0.937. The summed E-state index contributed by atoms with van der Waals surface area (Å²) in [5.74, 6) is 0.676. The van der Waals surface area contributed by atoms with E-state index in [4.69, 9.17) is 5.73 Å². The molecule has 2 aromatic heterocycles. The number of anilines is 1. The van der Waals surface area contributed by atoms with Crippen molar-refractivity contribution in [2.24, 2.45) is 0 Å². The summed E-state index contributed by atoms with van der Waals surface area (Å²) >= 11 is 1.76. The zero-order valence-electron chi connectivity index (χ0n) is 9.94. The van der Waals surface area contributed by atoms with Gasteiger partial charge in [0.15, 0.2) is 0 Å². The molecule has 1 aliphatic rings. The van der Waals surface area contributed by atoms with Crippen LogP contribution in [0.5, 0.6) is 0 Å². The maximum absolute atomic E-state index is 6.18. The van der Waals surface area contributed by atoms with Gasteiger partial charge in [-0.3, -0.25) is 4.98 Å². The highest BCUT2D eigenvalue weighted by atomic mass is 32.1. The van der Waals surface area contributed by atoms with Crippen LogP contribution in [0, 0.1) is 0 Å². The molecule has 0 amide bonds. The molecular weight excluding hydrogens is 228 g/mol. The summed E-state index contributed by atoms with van der Waals surface area (Å²) < 4.78 is 0. The molecule has 2 aromatic rings. The van der Waals surface area contributed by atoms with Gasteiger partial charge in [-0.25, -0.2) is 0 Å². The van der Waals surface area contributed by atoms with Crippen LogP contribution in [-0.4, -0.2) is 4.98 Å². The maximum atomic E-state index is 6.18. The van der Waals surface area contributed by atoms with Gasteiger partial charge in [-0.15, -0.1) is 11.3 Å². The second kappa shape index (κ2) is 4.15. The lowest BCUT2D eigenvalue weighted by Gasteiger charge is -2.10. The third-order valence-electron chi connectivity index (χ3n) is 3.59. The summed E-state index contributed by atoms with van der Waals surface area (Å²) in [6, 6.07) is 6.04. The average Bonchev–Trinajstić information content (AvgIpc) is 2.87. The third kappa shape index (κ3) is 1.65. The van der Waals surface area contributed by atoms with Gasteiger partial charge in [0.05, 0.1) is 10.7 Å². The molecule has 0 fully saturated rings. The molecule has 0 aromatic carbocycles. The Bertz CT molecular complexity index is 531. The lowest BCUT2D eigenvalue weighted by Crippen LogP contribution is -1.95. The van der Waals surface area contributed by atoms with Crippen LogP contribution in [-0.2, 0) is 6.42 Å². The highest BCUT2D eigenvalue weighted by molar-refractivity contribution is 7.16. The monoisotopic (exact) mass is 244 g/mol. The molecule has 88 valence electrons. The molecule has 0 saturated heterocycles. The van der Waals surface area contributed by atoms with Crippen LogP contribution in [0.4, 0.5) is 5.00 Å². The predicted octanol–water partition coefficient (Wildman–Crippen LogP) is 3.83. The lowest BCUT2D eigenvalue weighted by molar-refractivity contribution is 0.657. The number of aryl methyl sites for hydroxylation is 1. The van der Waals surface area contributed by atoms with Gasteiger partial charge in [0.2, 0.25) is 0 Å². The molecule has 0 bridgehead atoms. The molecule has 3 rings (SSSR count). The van der Waals surface area contributed by atoms with Gasteiger partial charge in [0.25, 0.3) is 0 Å². The van der Waals surface area contributed by atoms with Crippen LogP contribution in [0.25, 0.3) is 11.3 Å². The second-order valence-electron chi connectivity index (χ2n) is 4.54. The van der Waals surface area contributed by atoms with Crippen LogP contribution in [0.3, 0.4) is 0 Å². The summed E-state index contributed by atoms with van der Waals surface area (Å²) in [6.07, 6.45) is 5.51. The van der Waals surface area contributed by atoms with Gasteiger partial charge in [-0.2, -0.15) is 0 Å². The fourth-order valence-electron chi connectivity index (χ4n) is 2.76. The zero-order chi connectivity index (χ0) is 11.8. The first-order valence-corrected chi connectivity index (χ1v) is 6.95. The molecule has 0 radical (unpaired) electrons. The first-order valence-electron chi connectivity index (χ1n) is 6.13. The predicted molar refractivity (Wildman–Crippen MR) is 73.3 cm³/mol. The number of hydrogen-bond donors (Lipinski definition) is 1. The Kier molecular flexibility index (Phi) is 2.63. The van der Waals surface area contributed by atoms with Gasteiger partial charge >= 0.3 is 0 Å². The van der Waals surface area contributed by atoms with E-state index in [9.17, 15) is 0 Å². The Balaban J connectivity index is 2.18. The molecule has 1 unspecified atom stereocenters. The number of hydrogen-bond acceptors (Lipinski definition) is 3. The number of thiophene rings is 1. The minimum atomic E-state index is 0.676. The molecule has 2 heterocycles. The molecule has 0 aliphatic heterocycles. The van der Waals surface area contributed by atoms with E-state index >= 15 is 0 Å². The van der Waals surface area contributed by atoms with Crippen molar-refractivity contribution >= 4 is 16.3 Å². The van der Waals surface area contributed by atoms with Gasteiger partial charge in [-0.05, 0) is 42.9 Å². The fourth-order valence-corrected chi connectivity index (χ4v) is 3.94. The highest BCUT2D eigenvalue weighted by Gasteiger charge is 2.29. The number of nitrogen functional groups attached to an aromatic ring is 1. The van der Waals surface area contributed by atoms with Crippen molar-refractivity contribution in [1.29, 1.82) is 0 Å². The van der Waals surface area contributed by atoms with Crippen LogP contribution in [0.15, 0.2) is 24.4 Å². The minimum Gasteiger partial charge on any atom is -0.390 e. The van der Waals surface area contributed by atoms with E-state index in [0.717, 1.165) is 10.7 Å². The van der Waals surface area contributed by atoms with Crippen LogP contribution < -0.4 is 5.73 Å². The number of nitrogens with two attached hydrogens (primary N) is 1. The summed E-state index contributed by atoms with van der Waals surface area (Å²) in [6.45, 7) is 2.26.